The van der Waals surface area contributed by atoms with Crippen LogP contribution in [0.3, 0.4) is 0 Å². The number of urea groups is 1. The Kier molecular flexibility index (Phi) is 6.65. The smallest absolute Gasteiger partial charge is 0.335 e. The van der Waals surface area contributed by atoms with Gasteiger partial charge in [0.05, 0.1) is 23.9 Å². The molecule has 10 heteroatoms. The van der Waals surface area contributed by atoms with E-state index in [1.54, 1.807) is 42.5 Å². The second-order valence-corrected chi connectivity index (χ2v) is 8.19. The highest BCUT2D eigenvalue weighted by Gasteiger charge is 2.37. The molecular formula is C28H21N3O7. The van der Waals surface area contributed by atoms with E-state index in [2.05, 4.69) is 11.4 Å². The average Bonchev–Trinajstić information content (AvgIpc) is 3.39. The molecule has 0 atom stereocenters. The Balaban J connectivity index is 1.42. The normalized spacial score (nSPS) is 15.3. The molecule has 2 aliphatic rings. The van der Waals surface area contributed by atoms with Gasteiger partial charge in [-0.25, -0.2) is 9.69 Å². The zero-order valence-electron chi connectivity index (χ0n) is 20.2. The Bertz CT molecular complexity index is 1520. The second-order valence-electron chi connectivity index (χ2n) is 8.19. The maximum atomic E-state index is 13.3. The fourth-order valence-electron chi connectivity index (χ4n) is 4.00. The summed E-state index contributed by atoms with van der Waals surface area (Å²) in [6.45, 7) is 2.34. The molecule has 0 spiro atoms. The van der Waals surface area contributed by atoms with E-state index in [1.165, 1.54) is 18.2 Å². The first-order valence-corrected chi connectivity index (χ1v) is 11.7. The van der Waals surface area contributed by atoms with Crippen molar-refractivity contribution in [3.63, 3.8) is 0 Å². The van der Waals surface area contributed by atoms with E-state index in [0.29, 0.717) is 40.7 Å². The van der Waals surface area contributed by atoms with Crippen LogP contribution in [0, 0.1) is 11.3 Å². The number of amides is 4. The lowest BCUT2D eigenvalue weighted by molar-refractivity contribution is -0.122. The quantitative estimate of drug-likeness (QED) is 0.373. The molecule has 2 aliphatic heterocycles. The van der Waals surface area contributed by atoms with Crippen LogP contribution in [0.25, 0.3) is 6.08 Å². The third kappa shape index (κ3) is 4.73. The maximum Gasteiger partial charge on any atom is 0.335 e. The van der Waals surface area contributed by atoms with Gasteiger partial charge in [-0.15, -0.1) is 0 Å². The lowest BCUT2D eigenvalue weighted by atomic mass is 10.1. The van der Waals surface area contributed by atoms with Crippen molar-refractivity contribution in [1.29, 1.82) is 5.26 Å². The minimum Gasteiger partial charge on any atom is -0.490 e. The molecule has 3 aromatic rings. The van der Waals surface area contributed by atoms with E-state index in [1.807, 2.05) is 13.0 Å². The molecular weight excluding hydrogens is 490 g/mol. The third-order valence-corrected chi connectivity index (χ3v) is 5.82. The van der Waals surface area contributed by atoms with Gasteiger partial charge in [0.25, 0.3) is 11.8 Å². The van der Waals surface area contributed by atoms with Crippen LogP contribution in [0.5, 0.6) is 23.0 Å². The highest BCUT2D eigenvalue weighted by Crippen LogP contribution is 2.37. The molecule has 5 rings (SSSR count). The molecule has 1 N–H and O–H groups in total. The van der Waals surface area contributed by atoms with E-state index in [4.69, 9.17) is 18.9 Å². The largest absolute Gasteiger partial charge is 0.490 e. The van der Waals surface area contributed by atoms with Crippen molar-refractivity contribution in [3.05, 3.63) is 82.9 Å². The number of carbonyl (C=O) groups is 3. The summed E-state index contributed by atoms with van der Waals surface area (Å²) in [5.74, 6) is 0.0987. The van der Waals surface area contributed by atoms with Crippen molar-refractivity contribution in [2.45, 2.75) is 13.5 Å². The summed E-state index contributed by atoms with van der Waals surface area (Å²) in [6.07, 6.45) is 1.38. The molecule has 2 heterocycles. The van der Waals surface area contributed by atoms with Crippen molar-refractivity contribution in [2.75, 3.05) is 18.3 Å². The highest BCUT2D eigenvalue weighted by atomic mass is 16.7. The van der Waals surface area contributed by atoms with Crippen LogP contribution in [0.15, 0.2) is 66.2 Å². The summed E-state index contributed by atoms with van der Waals surface area (Å²) in [6, 6.07) is 17.9. The maximum absolute atomic E-state index is 13.3. The van der Waals surface area contributed by atoms with E-state index >= 15 is 0 Å². The van der Waals surface area contributed by atoms with Crippen LogP contribution < -0.4 is 29.2 Å². The number of nitriles is 1. The molecule has 190 valence electrons. The molecule has 1 saturated heterocycles. The van der Waals surface area contributed by atoms with Gasteiger partial charge >= 0.3 is 6.03 Å². The lowest BCUT2D eigenvalue weighted by Crippen LogP contribution is -2.54. The third-order valence-electron chi connectivity index (χ3n) is 5.82. The molecule has 0 bridgehead atoms. The molecule has 3 aromatic carbocycles. The van der Waals surface area contributed by atoms with E-state index in [9.17, 15) is 19.6 Å². The first kappa shape index (κ1) is 24.4. The zero-order chi connectivity index (χ0) is 26.6. The number of imide groups is 2. The van der Waals surface area contributed by atoms with Gasteiger partial charge < -0.3 is 18.9 Å². The first-order chi connectivity index (χ1) is 18.5. The molecule has 38 heavy (non-hydrogen) atoms. The van der Waals surface area contributed by atoms with Gasteiger partial charge in [-0.2, -0.15) is 5.26 Å². The van der Waals surface area contributed by atoms with Gasteiger partial charge in [0, 0.05) is 11.6 Å². The number of ether oxygens (including phenoxy) is 4. The fourth-order valence-corrected chi connectivity index (χ4v) is 4.00. The summed E-state index contributed by atoms with van der Waals surface area (Å²) in [7, 11) is 0. The number of carbonyl (C=O) groups excluding carboxylic acids is 3. The Morgan fingerprint density at radius 3 is 2.63 bits per heavy atom. The van der Waals surface area contributed by atoms with Crippen molar-refractivity contribution < 1.29 is 33.3 Å². The SMILES string of the molecule is CCOc1cc(C=C2C(=O)NC(=O)N(c3ccc4c(c3)OCO4)C2=O)ccc1OCc1ccccc1C#N. The van der Waals surface area contributed by atoms with E-state index < -0.39 is 17.8 Å². The number of fused-ring (bicyclic) bond motifs is 1. The Hall–Kier alpha value is -5.30. The second kappa shape index (κ2) is 10.4. The molecule has 1 fully saturated rings. The molecule has 0 aromatic heterocycles. The number of barbiturate groups is 1. The number of benzene rings is 3. The van der Waals surface area contributed by atoms with E-state index in [0.717, 1.165) is 10.5 Å². The van der Waals surface area contributed by atoms with Gasteiger partial charge in [-0.05, 0) is 48.9 Å². The van der Waals surface area contributed by atoms with Crippen LogP contribution in [-0.4, -0.2) is 31.2 Å². The van der Waals surface area contributed by atoms with Gasteiger partial charge in [0.2, 0.25) is 6.79 Å². The predicted octanol–water partition coefficient (Wildman–Crippen LogP) is 3.93. The fraction of sp³-hybridized carbons (Fsp3) is 0.143. The topological polar surface area (TPSA) is 127 Å². The number of rotatable bonds is 7. The predicted molar refractivity (Wildman–Crippen MR) is 135 cm³/mol. The van der Waals surface area contributed by atoms with Crippen molar-refractivity contribution >= 4 is 29.6 Å². The minimum absolute atomic E-state index is 0.0370. The lowest BCUT2D eigenvalue weighted by Gasteiger charge is -2.26. The first-order valence-electron chi connectivity index (χ1n) is 11.7. The van der Waals surface area contributed by atoms with Crippen LogP contribution in [0.2, 0.25) is 0 Å². The number of nitrogens with zero attached hydrogens (tertiary/aromatic N) is 2. The van der Waals surface area contributed by atoms with Gasteiger partial charge in [-0.1, -0.05) is 24.3 Å². The summed E-state index contributed by atoms with van der Waals surface area (Å²) >= 11 is 0. The number of nitrogens with one attached hydrogen (secondary N) is 1. The van der Waals surface area contributed by atoms with Gasteiger partial charge in [0.1, 0.15) is 12.2 Å². The summed E-state index contributed by atoms with van der Waals surface area (Å²) < 4.78 is 22.2. The highest BCUT2D eigenvalue weighted by molar-refractivity contribution is 6.39. The van der Waals surface area contributed by atoms with Crippen molar-refractivity contribution in [1.82, 2.24) is 5.32 Å². The van der Waals surface area contributed by atoms with Crippen LogP contribution >= 0.6 is 0 Å². The Morgan fingerprint density at radius 1 is 1.00 bits per heavy atom. The summed E-state index contributed by atoms with van der Waals surface area (Å²) in [4.78, 5) is 39.3. The monoisotopic (exact) mass is 511 g/mol. The number of hydrogen-bond acceptors (Lipinski definition) is 8. The molecule has 0 radical (unpaired) electrons. The van der Waals surface area contributed by atoms with Crippen molar-refractivity contribution in [2.24, 2.45) is 0 Å². The molecule has 10 nitrogen and oxygen atoms in total. The number of hydrogen-bond donors (Lipinski definition) is 1. The van der Waals surface area contributed by atoms with Crippen LogP contribution in [-0.2, 0) is 16.2 Å². The molecule has 0 saturated carbocycles. The average molecular weight is 511 g/mol. The summed E-state index contributed by atoms with van der Waals surface area (Å²) in [5.41, 5.74) is 1.71. The van der Waals surface area contributed by atoms with Crippen LogP contribution in [0.1, 0.15) is 23.6 Å². The van der Waals surface area contributed by atoms with Crippen LogP contribution in [0.4, 0.5) is 10.5 Å². The van der Waals surface area contributed by atoms with E-state index in [-0.39, 0.29) is 24.7 Å². The van der Waals surface area contributed by atoms with Gasteiger partial charge in [-0.3, -0.25) is 14.9 Å². The Morgan fingerprint density at radius 2 is 1.82 bits per heavy atom. The molecule has 0 unspecified atom stereocenters. The van der Waals surface area contributed by atoms with Crippen molar-refractivity contribution in [3.8, 4) is 29.1 Å². The molecule has 0 aliphatic carbocycles. The zero-order valence-corrected chi connectivity index (χ0v) is 20.2. The summed E-state index contributed by atoms with van der Waals surface area (Å²) in [5, 5.41) is 11.5. The van der Waals surface area contributed by atoms with Gasteiger partial charge in [0.15, 0.2) is 23.0 Å². The standard InChI is InChI=1S/C28H21N3O7/c1-2-35-24-12-17(7-9-22(24)36-15-19-6-4-3-5-18(19)14-29)11-21-26(32)30-28(34)31(27(21)33)20-8-10-23-25(13-20)38-16-37-23/h3-13H,2,15-16H2,1H3,(H,30,32,34). The number of anilines is 1. The Labute approximate surface area is 217 Å². The molecule has 4 amide bonds. The minimum atomic E-state index is -0.868.